The van der Waals surface area contributed by atoms with Gasteiger partial charge in [-0.05, 0) is 29.7 Å². The van der Waals surface area contributed by atoms with Gasteiger partial charge in [0.2, 0.25) is 10.0 Å². The van der Waals surface area contributed by atoms with E-state index < -0.39 is 35.7 Å². The zero-order valence-corrected chi connectivity index (χ0v) is 10.9. The van der Waals surface area contributed by atoms with E-state index in [0.717, 1.165) is 18.2 Å². The van der Waals surface area contributed by atoms with E-state index in [1.165, 1.54) is 6.07 Å². The summed E-state index contributed by atoms with van der Waals surface area (Å²) in [6.07, 6.45) is 0. The fourth-order valence-electron chi connectivity index (χ4n) is 1.65. The number of fused-ring (bicyclic) bond motifs is 1. The Morgan fingerprint density at radius 1 is 1.00 bits per heavy atom. The van der Waals surface area contributed by atoms with E-state index in [1.807, 2.05) is 0 Å². The van der Waals surface area contributed by atoms with Crippen LogP contribution in [0.2, 0.25) is 0 Å². The van der Waals surface area contributed by atoms with Gasteiger partial charge in [0.1, 0.15) is 4.90 Å². The van der Waals surface area contributed by atoms with Crippen LogP contribution in [0.25, 0.3) is 10.8 Å². The van der Waals surface area contributed by atoms with E-state index in [-0.39, 0.29) is 10.8 Å². The van der Waals surface area contributed by atoms with Gasteiger partial charge in [0.15, 0.2) is 5.75 Å². The third-order valence-corrected chi connectivity index (χ3v) is 4.25. The van der Waals surface area contributed by atoms with E-state index in [0.29, 0.717) is 6.07 Å². The second kappa shape index (κ2) is 4.17. The molecule has 0 saturated heterocycles. The minimum atomic E-state index is -4.69. The third-order valence-electron chi connectivity index (χ3n) is 2.47. The van der Waals surface area contributed by atoms with Crippen molar-refractivity contribution < 1.29 is 26.5 Å². The molecule has 2 aromatic rings. The molecule has 19 heavy (non-hydrogen) atoms. The topological polar surface area (TPSA) is 134 Å². The van der Waals surface area contributed by atoms with Crippen molar-refractivity contribution in [1.29, 1.82) is 0 Å². The summed E-state index contributed by atoms with van der Waals surface area (Å²) in [7, 11) is -8.83. The molecule has 0 unspecified atom stereocenters. The zero-order chi connectivity index (χ0) is 14.4. The van der Waals surface area contributed by atoms with Crippen LogP contribution < -0.4 is 5.14 Å². The molecule has 0 heterocycles. The van der Waals surface area contributed by atoms with Gasteiger partial charge >= 0.3 is 0 Å². The molecule has 101 valence electrons. The molecule has 9 heteroatoms. The number of primary sulfonamides is 1. The van der Waals surface area contributed by atoms with Gasteiger partial charge in [-0.1, -0.05) is 6.07 Å². The molecule has 0 atom stereocenters. The molecule has 1 radical (unpaired) electrons. The molecular formula is C10H8NO6S2. The van der Waals surface area contributed by atoms with Crippen molar-refractivity contribution in [1.82, 2.24) is 0 Å². The lowest BCUT2D eigenvalue weighted by molar-refractivity contribution is 0.355. The van der Waals surface area contributed by atoms with Crippen molar-refractivity contribution in [3.63, 3.8) is 0 Å². The number of benzene rings is 2. The smallest absolute Gasteiger partial charge is 0.290 e. The highest BCUT2D eigenvalue weighted by Crippen LogP contribution is 2.29. The van der Waals surface area contributed by atoms with Gasteiger partial charge in [-0.3, -0.25) is 9.66 Å². The minimum absolute atomic E-state index is 0.0672. The second-order valence-corrected chi connectivity index (χ2v) is 6.78. The first-order valence-electron chi connectivity index (χ1n) is 4.84. The SMILES string of the molecule is NS(=O)(=O)c1cc(S(=O)(=O)O)c2cc([O])ccc2c1. The van der Waals surface area contributed by atoms with E-state index in [9.17, 15) is 21.9 Å². The maximum absolute atomic E-state index is 11.3. The van der Waals surface area contributed by atoms with Crippen molar-refractivity contribution in [2.45, 2.75) is 9.79 Å². The average molecular weight is 302 g/mol. The van der Waals surface area contributed by atoms with Crippen LogP contribution in [0, 0.1) is 0 Å². The number of sulfonamides is 1. The van der Waals surface area contributed by atoms with Crippen LogP contribution in [0.3, 0.4) is 0 Å². The molecule has 3 N–H and O–H groups in total. The summed E-state index contributed by atoms with van der Waals surface area (Å²) in [5, 5.41) is 16.2. The van der Waals surface area contributed by atoms with Gasteiger partial charge in [-0.25, -0.2) is 13.6 Å². The molecule has 0 bridgehead atoms. The van der Waals surface area contributed by atoms with Crippen LogP contribution in [0.4, 0.5) is 0 Å². The summed E-state index contributed by atoms with van der Waals surface area (Å²) in [5.41, 5.74) is 0. The lowest BCUT2D eigenvalue weighted by Gasteiger charge is -2.07. The summed E-state index contributed by atoms with van der Waals surface area (Å²) < 4.78 is 54.1. The van der Waals surface area contributed by atoms with Crippen LogP contribution in [-0.4, -0.2) is 21.4 Å². The highest BCUT2D eigenvalue weighted by Gasteiger charge is 2.19. The van der Waals surface area contributed by atoms with Crippen molar-refractivity contribution in [3.05, 3.63) is 30.3 Å². The molecule has 0 fully saturated rings. The molecule has 2 aromatic carbocycles. The second-order valence-electron chi connectivity index (χ2n) is 3.82. The lowest BCUT2D eigenvalue weighted by Crippen LogP contribution is -2.13. The Morgan fingerprint density at radius 2 is 1.63 bits per heavy atom. The molecule has 0 saturated carbocycles. The number of nitrogens with two attached hydrogens (primary N) is 1. The first-order chi connectivity index (χ1) is 8.59. The Labute approximate surface area is 109 Å². The molecule has 0 aliphatic heterocycles. The standard InChI is InChI=1S/C10H8NO6S2/c11-18(13,14)8-3-6-1-2-7(12)4-9(6)10(5-8)19(15,16)17/h1-5H,(H2,11,13,14)(H,15,16,17). The highest BCUT2D eigenvalue weighted by molar-refractivity contribution is 7.89. The predicted molar refractivity (Wildman–Crippen MR) is 65.3 cm³/mol. The first kappa shape index (κ1) is 13.7. The molecule has 0 aliphatic carbocycles. The van der Waals surface area contributed by atoms with Crippen LogP contribution in [0.15, 0.2) is 40.1 Å². The molecule has 0 spiro atoms. The molecule has 0 aromatic heterocycles. The van der Waals surface area contributed by atoms with E-state index in [1.54, 1.807) is 0 Å². The van der Waals surface area contributed by atoms with E-state index in [2.05, 4.69) is 0 Å². The minimum Gasteiger partial charge on any atom is -0.290 e. The maximum Gasteiger partial charge on any atom is 0.295 e. The van der Waals surface area contributed by atoms with Crippen molar-refractivity contribution in [2.24, 2.45) is 5.14 Å². The molecule has 0 amide bonds. The normalized spacial score (nSPS) is 12.7. The Morgan fingerprint density at radius 3 is 2.16 bits per heavy atom. The molecule has 7 nitrogen and oxygen atoms in total. The van der Waals surface area contributed by atoms with Crippen LogP contribution in [0.1, 0.15) is 0 Å². The van der Waals surface area contributed by atoms with Gasteiger partial charge < -0.3 is 0 Å². The quantitative estimate of drug-likeness (QED) is 0.794. The molecule has 0 aliphatic rings. The summed E-state index contributed by atoms with van der Waals surface area (Å²) in [6.45, 7) is 0. The van der Waals surface area contributed by atoms with Crippen LogP contribution in [-0.2, 0) is 25.2 Å². The monoisotopic (exact) mass is 302 g/mol. The molecular weight excluding hydrogens is 294 g/mol. The summed E-state index contributed by atoms with van der Waals surface area (Å²) in [6, 6.07) is 5.22. The van der Waals surface area contributed by atoms with E-state index in [4.69, 9.17) is 9.69 Å². The predicted octanol–water partition coefficient (Wildman–Crippen LogP) is 0.878. The van der Waals surface area contributed by atoms with Crippen molar-refractivity contribution >= 4 is 30.9 Å². The average Bonchev–Trinajstić information content (AvgIpc) is 2.24. The summed E-state index contributed by atoms with van der Waals surface area (Å²) >= 11 is 0. The fourth-order valence-corrected chi connectivity index (χ4v) is 3.03. The van der Waals surface area contributed by atoms with Crippen LogP contribution in [0.5, 0.6) is 5.75 Å². The summed E-state index contributed by atoms with van der Waals surface area (Å²) in [4.78, 5) is -1.14. The van der Waals surface area contributed by atoms with Gasteiger partial charge in [0, 0.05) is 5.39 Å². The number of hydrogen-bond acceptors (Lipinski definition) is 4. The maximum atomic E-state index is 11.3. The Bertz CT molecular complexity index is 870. The van der Waals surface area contributed by atoms with Crippen molar-refractivity contribution in [3.8, 4) is 5.75 Å². The number of rotatable bonds is 2. The van der Waals surface area contributed by atoms with Gasteiger partial charge in [-0.15, -0.1) is 0 Å². The Hall–Kier alpha value is -1.68. The Kier molecular flexibility index (Phi) is 3.01. The summed E-state index contributed by atoms with van der Waals surface area (Å²) in [5.74, 6) is -0.472. The zero-order valence-electron chi connectivity index (χ0n) is 9.27. The van der Waals surface area contributed by atoms with Gasteiger partial charge in [0.25, 0.3) is 10.1 Å². The number of hydrogen-bond donors (Lipinski definition) is 2. The fraction of sp³-hybridized carbons (Fsp3) is 0. The van der Waals surface area contributed by atoms with Crippen molar-refractivity contribution in [2.75, 3.05) is 0 Å². The van der Waals surface area contributed by atoms with Crippen LogP contribution >= 0.6 is 0 Å². The lowest BCUT2D eigenvalue weighted by atomic mass is 10.1. The Balaban J connectivity index is 3.01. The van der Waals surface area contributed by atoms with Gasteiger partial charge in [0.05, 0.1) is 4.90 Å². The third kappa shape index (κ3) is 2.68. The van der Waals surface area contributed by atoms with Gasteiger partial charge in [-0.2, -0.15) is 8.42 Å². The molecule has 2 rings (SSSR count). The highest BCUT2D eigenvalue weighted by atomic mass is 32.2. The largest absolute Gasteiger partial charge is 0.295 e. The first-order valence-corrected chi connectivity index (χ1v) is 7.83. The van der Waals surface area contributed by atoms with E-state index >= 15 is 0 Å².